The van der Waals surface area contributed by atoms with Crippen molar-refractivity contribution in [2.45, 2.75) is 26.7 Å². The van der Waals surface area contributed by atoms with Crippen molar-refractivity contribution in [1.82, 2.24) is 14.8 Å². The Balaban J connectivity index is 1.90. The maximum atomic E-state index is 9.66. The summed E-state index contributed by atoms with van der Waals surface area (Å²) in [5.41, 5.74) is 0.802. The maximum absolute atomic E-state index is 9.66. The molecular formula is C16H17N3O2. The van der Waals surface area contributed by atoms with Crippen molar-refractivity contribution < 1.29 is 9.84 Å². The van der Waals surface area contributed by atoms with Crippen molar-refractivity contribution in [2.75, 3.05) is 0 Å². The Morgan fingerprint density at radius 2 is 2.05 bits per heavy atom. The lowest BCUT2D eigenvalue weighted by Gasteiger charge is -2.12. The van der Waals surface area contributed by atoms with Crippen molar-refractivity contribution in [1.29, 1.82) is 0 Å². The number of aromatic nitrogens is 3. The Hall–Kier alpha value is -2.40. The van der Waals surface area contributed by atoms with Crippen LogP contribution in [0.2, 0.25) is 0 Å². The monoisotopic (exact) mass is 283 g/mol. The van der Waals surface area contributed by atoms with Gasteiger partial charge in [-0.3, -0.25) is 0 Å². The van der Waals surface area contributed by atoms with Crippen LogP contribution in [0.4, 0.5) is 0 Å². The van der Waals surface area contributed by atoms with Gasteiger partial charge in [0.25, 0.3) is 0 Å². The molecule has 0 saturated carbocycles. The first-order valence-electron chi connectivity index (χ1n) is 6.94. The number of ether oxygens (including phenoxy) is 1. The molecule has 0 bridgehead atoms. The van der Waals surface area contributed by atoms with Gasteiger partial charge >= 0.3 is 0 Å². The second-order valence-electron chi connectivity index (χ2n) is 4.70. The predicted octanol–water partition coefficient (Wildman–Crippen LogP) is 2.52. The zero-order chi connectivity index (χ0) is 14.7. The molecule has 0 aliphatic carbocycles. The van der Waals surface area contributed by atoms with Crippen LogP contribution in [-0.4, -0.2) is 19.9 Å². The Morgan fingerprint density at radius 1 is 1.19 bits per heavy atom. The number of nitrogens with zero attached hydrogens (tertiary/aromatic N) is 3. The summed E-state index contributed by atoms with van der Waals surface area (Å²) < 4.78 is 7.63. The summed E-state index contributed by atoms with van der Waals surface area (Å²) in [6.07, 6.45) is 1.52. The van der Waals surface area contributed by atoms with E-state index in [9.17, 15) is 5.11 Å². The molecule has 3 rings (SSSR count). The molecule has 1 heterocycles. The summed E-state index contributed by atoms with van der Waals surface area (Å²) in [6, 6.07) is 11.8. The quantitative estimate of drug-likeness (QED) is 0.781. The minimum absolute atomic E-state index is 0.0584. The van der Waals surface area contributed by atoms with Gasteiger partial charge in [0.15, 0.2) is 5.82 Å². The molecule has 0 fully saturated rings. The van der Waals surface area contributed by atoms with E-state index in [2.05, 4.69) is 10.1 Å². The van der Waals surface area contributed by atoms with Crippen LogP contribution in [0.25, 0.3) is 10.8 Å². The Bertz CT molecular complexity index is 752. The van der Waals surface area contributed by atoms with Crippen LogP contribution in [0.3, 0.4) is 0 Å². The lowest BCUT2D eigenvalue weighted by molar-refractivity contribution is 0.254. The minimum Gasteiger partial charge on any atom is -0.485 e. The number of benzene rings is 2. The summed E-state index contributed by atoms with van der Waals surface area (Å²) in [7, 11) is 0. The second kappa shape index (κ2) is 5.93. The van der Waals surface area contributed by atoms with E-state index >= 15 is 0 Å². The average molecular weight is 283 g/mol. The first kappa shape index (κ1) is 13.6. The van der Waals surface area contributed by atoms with Gasteiger partial charge in [-0.1, -0.05) is 30.3 Å². The van der Waals surface area contributed by atoms with E-state index in [4.69, 9.17) is 4.74 Å². The molecule has 5 heteroatoms. The Morgan fingerprint density at radius 3 is 2.86 bits per heavy atom. The highest BCUT2D eigenvalue weighted by Gasteiger charge is 2.10. The van der Waals surface area contributed by atoms with E-state index in [1.165, 1.54) is 6.33 Å². The fourth-order valence-electron chi connectivity index (χ4n) is 2.42. The molecular weight excluding hydrogens is 266 g/mol. The van der Waals surface area contributed by atoms with Crippen molar-refractivity contribution in [2.24, 2.45) is 0 Å². The number of rotatable bonds is 5. The lowest BCUT2D eigenvalue weighted by atomic mass is 10.0. The summed E-state index contributed by atoms with van der Waals surface area (Å²) >= 11 is 0. The number of hydrogen-bond donors (Lipinski definition) is 1. The molecule has 0 aliphatic heterocycles. The minimum atomic E-state index is -0.0584. The predicted molar refractivity (Wildman–Crippen MR) is 79.9 cm³/mol. The largest absolute Gasteiger partial charge is 0.485 e. The summed E-state index contributed by atoms with van der Waals surface area (Å²) in [4.78, 5) is 4.18. The van der Waals surface area contributed by atoms with E-state index in [0.717, 1.165) is 28.7 Å². The van der Waals surface area contributed by atoms with E-state index < -0.39 is 0 Å². The second-order valence-corrected chi connectivity index (χ2v) is 4.70. The van der Waals surface area contributed by atoms with Crippen LogP contribution in [0.15, 0.2) is 42.7 Å². The molecule has 0 atom stereocenters. The first-order chi connectivity index (χ1) is 10.3. The third-order valence-corrected chi connectivity index (χ3v) is 3.51. The van der Waals surface area contributed by atoms with Crippen molar-refractivity contribution in [3.63, 3.8) is 0 Å². The molecule has 1 N–H and O–H groups in total. The number of aliphatic hydroxyl groups is 1. The molecule has 0 saturated heterocycles. The van der Waals surface area contributed by atoms with Crippen LogP contribution < -0.4 is 4.74 Å². The maximum Gasteiger partial charge on any atom is 0.164 e. The standard InChI is InChI=1S/C16H17N3O2/c1-2-19-16(17-11-18-19)10-21-15-8-7-12-5-3-4-6-13(12)14(15)9-20/h3-8,11,20H,2,9-10H2,1H3. The smallest absolute Gasteiger partial charge is 0.164 e. The van der Waals surface area contributed by atoms with Gasteiger partial charge in [-0.2, -0.15) is 5.10 Å². The summed E-state index contributed by atoms with van der Waals surface area (Å²) in [5, 5.41) is 15.9. The highest BCUT2D eigenvalue weighted by atomic mass is 16.5. The fraction of sp³-hybridized carbons (Fsp3) is 0.250. The van der Waals surface area contributed by atoms with Gasteiger partial charge in [-0.25, -0.2) is 9.67 Å². The van der Waals surface area contributed by atoms with Crippen molar-refractivity contribution in [3.8, 4) is 5.75 Å². The third-order valence-electron chi connectivity index (χ3n) is 3.51. The third kappa shape index (κ3) is 2.60. The summed E-state index contributed by atoms with van der Waals surface area (Å²) in [6.45, 7) is 3.03. The molecule has 0 radical (unpaired) electrons. The number of aryl methyl sites for hydroxylation is 1. The molecule has 0 amide bonds. The zero-order valence-corrected chi connectivity index (χ0v) is 11.9. The van der Waals surface area contributed by atoms with Crippen molar-refractivity contribution in [3.05, 3.63) is 54.1 Å². The van der Waals surface area contributed by atoms with Crippen LogP contribution in [0, 0.1) is 0 Å². The highest BCUT2D eigenvalue weighted by Crippen LogP contribution is 2.28. The van der Waals surface area contributed by atoms with Gasteiger partial charge < -0.3 is 9.84 Å². The van der Waals surface area contributed by atoms with Gasteiger partial charge in [0.05, 0.1) is 6.61 Å². The SMILES string of the molecule is CCn1ncnc1COc1ccc2ccccc2c1CO. The van der Waals surface area contributed by atoms with Gasteiger partial charge in [0, 0.05) is 12.1 Å². The van der Waals surface area contributed by atoms with Crippen molar-refractivity contribution >= 4 is 10.8 Å². The van der Waals surface area contributed by atoms with Crippen LogP contribution >= 0.6 is 0 Å². The van der Waals surface area contributed by atoms with E-state index in [1.807, 2.05) is 43.3 Å². The van der Waals surface area contributed by atoms with Gasteiger partial charge in [0.1, 0.15) is 18.7 Å². The van der Waals surface area contributed by atoms with Gasteiger partial charge in [0.2, 0.25) is 0 Å². The Labute approximate surface area is 122 Å². The summed E-state index contributed by atoms with van der Waals surface area (Å²) in [5.74, 6) is 1.46. The average Bonchev–Trinajstić information content (AvgIpc) is 2.99. The number of fused-ring (bicyclic) bond motifs is 1. The molecule has 21 heavy (non-hydrogen) atoms. The van der Waals surface area contributed by atoms with Crippen LogP contribution in [0.5, 0.6) is 5.75 Å². The van der Waals surface area contributed by atoms with Crippen LogP contribution in [-0.2, 0) is 19.8 Å². The molecule has 0 unspecified atom stereocenters. The van der Waals surface area contributed by atoms with E-state index in [0.29, 0.717) is 12.4 Å². The zero-order valence-electron chi connectivity index (χ0n) is 11.9. The van der Waals surface area contributed by atoms with Gasteiger partial charge in [-0.05, 0) is 23.8 Å². The highest BCUT2D eigenvalue weighted by molar-refractivity contribution is 5.87. The molecule has 1 aromatic heterocycles. The Kier molecular flexibility index (Phi) is 3.83. The van der Waals surface area contributed by atoms with E-state index in [1.54, 1.807) is 4.68 Å². The topological polar surface area (TPSA) is 60.2 Å². The lowest BCUT2D eigenvalue weighted by Crippen LogP contribution is -2.08. The first-order valence-corrected chi connectivity index (χ1v) is 6.94. The fourth-order valence-corrected chi connectivity index (χ4v) is 2.42. The van der Waals surface area contributed by atoms with Gasteiger partial charge in [-0.15, -0.1) is 0 Å². The molecule has 0 aliphatic rings. The van der Waals surface area contributed by atoms with E-state index in [-0.39, 0.29) is 6.61 Å². The molecule has 0 spiro atoms. The number of hydrogen-bond acceptors (Lipinski definition) is 4. The normalized spacial score (nSPS) is 11.0. The van der Waals surface area contributed by atoms with Crippen LogP contribution in [0.1, 0.15) is 18.3 Å². The molecule has 5 nitrogen and oxygen atoms in total. The number of aliphatic hydroxyl groups excluding tert-OH is 1. The molecule has 108 valence electrons. The molecule has 2 aromatic carbocycles. The molecule has 3 aromatic rings.